The second kappa shape index (κ2) is 14.3. The Morgan fingerprint density at radius 3 is 2.17 bits per heavy atom. The molecule has 3 aromatic carbocycles. The van der Waals surface area contributed by atoms with Gasteiger partial charge >= 0.3 is 0 Å². The number of sulfonamides is 1. The summed E-state index contributed by atoms with van der Waals surface area (Å²) in [5.74, 6) is -0.742. The lowest BCUT2D eigenvalue weighted by atomic mass is 10.1. The fourth-order valence-corrected chi connectivity index (χ4v) is 6.01. The summed E-state index contributed by atoms with van der Waals surface area (Å²) in [4.78, 5) is 28.9. The van der Waals surface area contributed by atoms with E-state index in [0.29, 0.717) is 29.2 Å². The van der Waals surface area contributed by atoms with Gasteiger partial charge in [-0.3, -0.25) is 13.9 Å². The van der Waals surface area contributed by atoms with Crippen molar-refractivity contribution in [2.24, 2.45) is 0 Å². The Morgan fingerprint density at radius 2 is 1.57 bits per heavy atom. The van der Waals surface area contributed by atoms with Crippen molar-refractivity contribution in [3.63, 3.8) is 0 Å². The molecule has 0 spiro atoms. The average Bonchev–Trinajstić information content (AvgIpc) is 2.93. The highest BCUT2D eigenvalue weighted by molar-refractivity contribution is 7.92. The Labute approximate surface area is 243 Å². The Bertz CT molecular complexity index is 1390. The maximum Gasteiger partial charge on any atom is 0.264 e. The number of nitrogens with one attached hydrogen (secondary N) is 1. The van der Waals surface area contributed by atoms with Crippen LogP contribution in [0.5, 0.6) is 0 Å². The van der Waals surface area contributed by atoms with Crippen LogP contribution in [0.1, 0.15) is 49.8 Å². The molecule has 0 aliphatic carbocycles. The van der Waals surface area contributed by atoms with Gasteiger partial charge in [0.15, 0.2) is 0 Å². The van der Waals surface area contributed by atoms with Crippen molar-refractivity contribution in [1.29, 1.82) is 0 Å². The number of amides is 2. The average molecular weight is 584 g/mol. The van der Waals surface area contributed by atoms with E-state index in [1.165, 1.54) is 4.90 Å². The van der Waals surface area contributed by atoms with Crippen molar-refractivity contribution in [3.05, 3.63) is 94.5 Å². The van der Waals surface area contributed by atoms with Crippen LogP contribution in [0, 0.1) is 13.8 Å². The van der Waals surface area contributed by atoms with Gasteiger partial charge in [-0.1, -0.05) is 79.9 Å². The molecule has 3 rings (SSSR count). The first-order valence-corrected chi connectivity index (χ1v) is 15.4. The van der Waals surface area contributed by atoms with Gasteiger partial charge in [0, 0.05) is 18.1 Å². The van der Waals surface area contributed by atoms with E-state index in [9.17, 15) is 18.0 Å². The fraction of sp³-hybridized carbons (Fsp3) is 0.355. The Balaban J connectivity index is 2.04. The fourth-order valence-electron chi connectivity index (χ4n) is 4.41. The number of hydrogen-bond acceptors (Lipinski definition) is 4. The van der Waals surface area contributed by atoms with Gasteiger partial charge in [-0.25, -0.2) is 8.42 Å². The molecule has 0 aliphatic rings. The SMILES string of the molecule is CCCCNC(=O)[C@@H](CC)N(Cc1ccc(Cl)cc1)C(=O)CN(c1ccccc1C)S(=O)(=O)c1ccc(C)cc1. The van der Waals surface area contributed by atoms with E-state index in [0.717, 1.165) is 28.3 Å². The third-order valence-electron chi connectivity index (χ3n) is 6.75. The Hall–Kier alpha value is -3.36. The molecular formula is C31H38ClN3O4S. The highest BCUT2D eigenvalue weighted by atomic mass is 35.5. The molecule has 1 atom stereocenters. The van der Waals surface area contributed by atoms with Gasteiger partial charge in [0.2, 0.25) is 11.8 Å². The second-order valence-electron chi connectivity index (χ2n) is 9.83. The predicted octanol–water partition coefficient (Wildman–Crippen LogP) is 5.88. The molecule has 9 heteroatoms. The van der Waals surface area contributed by atoms with Gasteiger partial charge in [0.25, 0.3) is 10.0 Å². The molecular weight excluding hydrogens is 546 g/mol. The molecule has 214 valence electrons. The van der Waals surface area contributed by atoms with Crippen molar-refractivity contribution in [1.82, 2.24) is 10.2 Å². The highest BCUT2D eigenvalue weighted by Crippen LogP contribution is 2.28. The Kier molecular flexibility index (Phi) is 11.2. The van der Waals surface area contributed by atoms with Crippen LogP contribution in [0.25, 0.3) is 0 Å². The predicted molar refractivity (Wildman–Crippen MR) is 161 cm³/mol. The van der Waals surface area contributed by atoms with Gasteiger partial charge < -0.3 is 10.2 Å². The molecule has 1 N–H and O–H groups in total. The van der Waals surface area contributed by atoms with Gasteiger partial charge in [0.1, 0.15) is 12.6 Å². The first-order valence-electron chi connectivity index (χ1n) is 13.5. The number of para-hydroxylation sites is 1. The van der Waals surface area contributed by atoms with E-state index in [1.54, 1.807) is 73.7 Å². The maximum absolute atomic E-state index is 14.1. The zero-order valence-electron chi connectivity index (χ0n) is 23.6. The van der Waals surface area contributed by atoms with Crippen molar-refractivity contribution >= 4 is 39.1 Å². The molecule has 0 saturated heterocycles. The van der Waals surface area contributed by atoms with Crippen LogP contribution in [0.2, 0.25) is 5.02 Å². The van der Waals surface area contributed by atoms with Gasteiger partial charge in [-0.15, -0.1) is 0 Å². The van der Waals surface area contributed by atoms with Crippen LogP contribution in [0.3, 0.4) is 0 Å². The molecule has 7 nitrogen and oxygen atoms in total. The molecule has 3 aromatic rings. The summed E-state index contributed by atoms with van der Waals surface area (Å²) in [6.07, 6.45) is 2.11. The minimum atomic E-state index is -4.10. The zero-order valence-corrected chi connectivity index (χ0v) is 25.1. The number of unbranched alkanes of at least 4 members (excludes halogenated alkanes) is 1. The smallest absolute Gasteiger partial charge is 0.264 e. The molecule has 0 aliphatic heterocycles. The van der Waals surface area contributed by atoms with E-state index in [1.807, 2.05) is 26.8 Å². The van der Waals surface area contributed by atoms with Crippen LogP contribution in [-0.2, 0) is 26.2 Å². The van der Waals surface area contributed by atoms with E-state index in [4.69, 9.17) is 11.6 Å². The number of nitrogens with zero attached hydrogens (tertiary/aromatic N) is 2. The third-order valence-corrected chi connectivity index (χ3v) is 8.78. The lowest BCUT2D eigenvalue weighted by molar-refractivity contribution is -0.140. The monoisotopic (exact) mass is 583 g/mol. The summed E-state index contributed by atoms with van der Waals surface area (Å²) in [5.41, 5.74) is 2.82. The minimum Gasteiger partial charge on any atom is -0.354 e. The summed E-state index contributed by atoms with van der Waals surface area (Å²) < 4.78 is 29.1. The van der Waals surface area contributed by atoms with Gasteiger partial charge in [-0.2, -0.15) is 0 Å². The van der Waals surface area contributed by atoms with E-state index in [2.05, 4.69) is 5.32 Å². The van der Waals surface area contributed by atoms with Crippen LogP contribution in [-0.4, -0.2) is 44.3 Å². The lowest BCUT2D eigenvalue weighted by Gasteiger charge is -2.33. The molecule has 0 heterocycles. The highest BCUT2D eigenvalue weighted by Gasteiger charge is 2.34. The summed E-state index contributed by atoms with van der Waals surface area (Å²) in [6.45, 7) is 7.73. The molecule has 0 fully saturated rings. The van der Waals surface area contributed by atoms with E-state index >= 15 is 0 Å². The van der Waals surface area contributed by atoms with Crippen LogP contribution in [0.15, 0.2) is 77.7 Å². The summed E-state index contributed by atoms with van der Waals surface area (Å²) in [6, 6.07) is 19.9. The van der Waals surface area contributed by atoms with Crippen molar-refractivity contribution < 1.29 is 18.0 Å². The maximum atomic E-state index is 14.1. The molecule has 0 radical (unpaired) electrons. The quantitative estimate of drug-likeness (QED) is 0.255. The van der Waals surface area contributed by atoms with Gasteiger partial charge in [0.05, 0.1) is 10.6 Å². The largest absolute Gasteiger partial charge is 0.354 e. The standard InChI is InChI=1S/C31H38ClN3O4S/c1-5-7-20-33-31(37)28(6-2)34(21-25-14-16-26(32)17-15-25)30(36)22-35(29-11-9-8-10-24(29)4)40(38,39)27-18-12-23(3)13-19-27/h8-19,28H,5-7,20-22H2,1-4H3,(H,33,37)/t28-/m1/s1. The van der Waals surface area contributed by atoms with Gasteiger partial charge in [-0.05, 0) is 68.1 Å². The topological polar surface area (TPSA) is 86.8 Å². The molecule has 0 bridgehead atoms. The zero-order chi connectivity index (χ0) is 29.3. The molecule has 2 amide bonds. The van der Waals surface area contributed by atoms with Crippen molar-refractivity contribution in [2.45, 2.75) is 64.4 Å². The number of rotatable bonds is 13. The Morgan fingerprint density at radius 1 is 0.925 bits per heavy atom. The molecule has 0 aromatic heterocycles. The van der Waals surface area contributed by atoms with E-state index < -0.39 is 28.5 Å². The summed E-state index contributed by atoms with van der Waals surface area (Å²) >= 11 is 6.07. The third kappa shape index (κ3) is 7.86. The normalized spacial score (nSPS) is 12.0. The number of benzene rings is 3. The molecule has 40 heavy (non-hydrogen) atoms. The number of halogens is 1. The minimum absolute atomic E-state index is 0.0859. The van der Waals surface area contributed by atoms with E-state index in [-0.39, 0.29) is 17.3 Å². The molecule has 0 saturated carbocycles. The van der Waals surface area contributed by atoms with Crippen LogP contribution < -0.4 is 9.62 Å². The first kappa shape index (κ1) is 31.2. The number of carbonyl (C=O) groups is 2. The number of aryl methyl sites for hydroxylation is 2. The number of anilines is 1. The lowest BCUT2D eigenvalue weighted by Crippen LogP contribution is -2.52. The number of hydrogen-bond donors (Lipinski definition) is 1. The number of carbonyl (C=O) groups excluding carboxylic acids is 2. The van der Waals surface area contributed by atoms with Crippen LogP contribution in [0.4, 0.5) is 5.69 Å². The summed E-state index contributed by atoms with van der Waals surface area (Å²) in [5, 5.41) is 3.49. The van der Waals surface area contributed by atoms with Crippen LogP contribution >= 0.6 is 11.6 Å². The summed E-state index contributed by atoms with van der Waals surface area (Å²) in [7, 11) is -4.10. The van der Waals surface area contributed by atoms with Crippen molar-refractivity contribution in [3.8, 4) is 0 Å². The van der Waals surface area contributed by atoms with Crippen molar-refractivity contribution in [2.75, 3.05) is 17.4 Å². The second-order valence-corrected chi connectivity index (χ2v) is 12.1. The first-order chi connectivity index (χ1) is 19.1. The molecule has 0 unspecified atom stereocenters.